The second-order valence-corrected chi connectivity index (χ2v) is 5.69. The van der Waals surface area contributed by atoms with Gasteiger partial charge < -0.3 is 18.9 Å². The molecule has 2 aliphatic rings. The smallest absolute Gasteiger partial charge is 0.346 e. The van der Waals surface area contributed by atoms with Crippen molar-refractivity contribution in [3.05, 3.63) is 13.8 Å². The summed E-state index contributed by atoms with van der Waals surface area (Å²) in [4.78, 5) is 24.7. The average molecular weight is 310 g/mol. The lowest BCUT2D eigenvalue weighted by atomic mass is 9.82. The van der Waals surface area contributed by atoms with E-state index in [0.29, 0.717) is 52.1 Å². The van der Waals surface area contributed by atoms with Gasteiger partial charge in [0.2, 0.25) is 0 Å². The van der Waals surface area contributed by atoms with Crippen LogP contribution >= 0.6 is 0 Å². The van der Waals surface area contributed by atoms with E-state index in [4.69, 9.17) is 32.8 Å². The van der Waals surface area contributed by atoms with E-state index >= 15 is 0 Å². The molecule has 6 nitrogen and oxygen atoms in total. The highest BCUT2D eigenvalue weighted by Crippen LogP contribution is 2.33. The van der Waals surface area contributed by atoms with E-state index in [-0.39, 0.29) is 13.0 Å². The minimum Gasteiger partial charge on any atom is -0.391 e. The van der Waals surface area contributed by atoms with Crippen LogP contribution in [0.4, 0.5) is 0 Å². The van der Waals surface area contributed by atoms with Crippen LogP contribution in [0.5, 0.6) is 0 Å². The predicted octanol–water partition coefficient (Wildman–Crippen LogP) is 1.23. The molecule has 0 aromatic carbocycles. The van der Waals surface area contributed by atoms with Gasteiger partial charge in [0.25, 0.3) is 0 Å². The molecule has 0 atom stereocenters. The molecule has 0 aromatic rings. The summed E-state index contributed by atoms with van der Waals surface area (Å²) in [6, 6.07) is 0. The van der Waals surface area contributed by atoms with Gasteiger partial charge in [-0.2, -0.15) is 0 Å². The highest BCUT2D eigenvalue weighted by atomic mass is 16.6. The molecule has 0 unspecified atom stereocenters. The van der Waals surface area contributed by atoms with Crippen LogP contribution in [0.25, 0.3) is 0 Å². The Morgan fingerprint density at radius 2 is 1.50 bits per heavy atom. The van der Waals surface area contributed by atoms with Crippen molar-refractivity contribution in [2.45, 2.75) is 37.7 Å². The van der Waals surface area contributed by atoms with Gasteiger partial charge in [-0.1, -0.05) is 0 Å². The second kappa shape index (κ2) is 7.53. The van der Waals surface area contributed by atoms with Gasteiger partial charge in [-0.05, 0) is 33.1 Å². The Hall–Kier alpha value is -0.980. The fourth-order valence-corrected chi connectivity index (χ4v) is 2.58. The third-order valence-corrected chi connectivity index (χ3v) is 4.15. The Morgan fingerprint density at radius 1 is 0.955 bits per heavy atom. The molecule has 0 spiro atoms. The molecule has 0 amide bonds. The van der Waals surface area contributed by atoms with E-state index in [0.717, 1.165) is 0 Å². The highest BCUT2D eigenvalue weighted by molar-refractivity contribution is 5.93. The molecule has 2 saturated heterocycles. The first-order chi connectivity index (χ1) is 10.5. The Morgan fingerprint density at radius 3 is 2.05 bits per heavy atom. The van der Waals surface area contributed by atoms with E-state index in [2.05, 4.69) is 0 Å². The lowest BCUT2D eigenvalue weighted by Crippen LogP contribution is -2.50. The first-order valence-electron chi connectivity index (χ1n) is 7.58. The van der Waals surface area contributed by atoms with Crippen LogP contribution in [0.1, 0.15) is 32.1 Å². The number of hydrogen-bond donors (Lipinski definition) is 0. The summed E-state index contributed by atoms with van der Waals surface area (Å²) in [6.45, 7) is 13.2. The Labute approximate surface area is 131 Å². The number of hydrogen-bond acceptors (Lipinski definition) is 6. The van der Waals surface area contributed by atoms with Crippen molar-refractivity contribution >= 4 is 11.9 Å². The van der Waals surface area contributed by atoms with Gasteiger partial charge in [-0.15, -0.1) is 0 Å². The Bertz CT molecular complexity index is 393. The third kappa shape index (κ3) is 3.86. The summed E-state index contributed by atoms with van der Waals surface area (Å²) in [5.74, 6) is -1.42. The molecule has 0 N–H and O–H groups in total. The molecule has 22 heavy (non-hydrogen) atoms. The zero-order valence-electron chi connectivity index (χ0n) is 12.7. The summed E-state index contributed by atoms with van der Waals surface area (Å²) in [5.41, 5.74) is -2.34. The molecule has 0 bridgehead atoms. The number of ether oxygens (including phenoxy) is 4. The zero-order chi connectivity index (χ0) is 16.1. The number of carbonyl (C=O) groups is 2. The summed E-state index contributed by atoms with van der Waals surface area (Å²) >= 11 is 0. The maximum atomic E-state index is 12.5. The fourth-order valence-electron chi connectivity index (χ4n) is 2.58. The first-order valence-corrected chi connectivity index (χ1v) is 7.58. The summed E-state index contributed by atoms with van der Waals surface area (Å²) < 4.78 is 21.1. The van der Waals surface area contributed by atoms with Crippen LogP contribution in [0, 0.1) is 19.3 Å². The quantitative estimate of drug-likeness (QED) is 0.562. The van der Waals surface area contributed by atoms with Crippen molar-refractivity contribution < 1.29 is 28.5 Å². The highest BCUT2D eigenvalue weighted by Gasteiger charge is 2.46. The van der Waals surface area contributed by atoms with Crippen LogP contribution < -0.4 is 0 Å². The van der Waals surface area contributed by atoms with Gasteiger partial charge in [0.05, 0.1) is 5.41 Å². The summed E-state index contributed by atoms with van der Waals surface area (Å²) in [7, 11) is 0. The van der Waals surface area contributed by atoms with Gasteiger partial charge in [0, 0.05) is 45.9 Å². The van der Waals surface area contributed by atoms with Gasteiger partial charge in [-0.3, -0.25) is 4.79 Å². The maximum Gasteiger partial charge on any atom is 0.346 e. The number of esters is 2. The van der Waals surface area contributed by atoms with Gasteiger partial charge in [0.15, 0.2) is 5.60 Å². The van der Waals surface area contributed by atoms with Gasteiger partial charge >= 0.3 is 11.9 Å². The molecule has 0 aliphatic carbocycles. The largest absolute Gasteiger partial charge is 0.391 e. The van der Waals surface area contributed by atoms with Crippen molar-refractivity contribution in [3.63, 3.8) is 0 Å². The van der Waals surface area contributed by atoms with Crippen molar-refractivity contribution in [3.8, 4) is 0 Å². The normalized spacial score (nSPS) is 23.7. The molecule has 122 valence electrons. The van der Waals surface area contributed by atoms with Crippen molar-refractivity contribution in [2.75, 3.05) is 33.0 Å². The van der Waals surface area contributed by atoms with Crippen LogP contribution in [0.2, 0.25) is 0 Å². The molecule has 2 heterocycles. The Kier molecular flexibility index (Phi) is 5.94. The molecule has 2 fully saturated rings. The molecule has 0 saturated carbocycles. The van der Waals surface area contributed by atoms with Crippen LogP contribution in [-0.2, 0) is 28.5 Å². The monoisotopic (exact) mass is 310 g/mol. The standard InChI is InChI=1S/C16H22O6/c1-3-8-21-16(6-11-20-12-7-16)14(18)22-13(17)15(2)4-9-19-10-5-15/h1-2H,3-12H2. The minimum absolute atomic E-state index is 0.213. The lowest BCUT2D eigenvalue weighted by molar-refractivity contribution is -0.193. The van der Waals surface area contributed by atoms with E-state index in [1.165, 1.54) is 0 Å². The van der Waals surface area contributed by atoms with E-state index < -0.39 is 23.0 Å². The van der Waals surface area contributed by atoms with Crippen LogP contribution in [0.3, 0.4) is 0 Å². The number of rotatable bonds is 5. The Balaban J connectivity index is 2.02. The lowest BCUT2D eigenvalue weighted by Gasteiger charge is -2.36. The molecule has 2 rings (SSSR count). The predicted molar refractivity (Wildman–Crippen MR) is 75.5 cm³/mol. The summed E-state index contributed by atoms with van der Waals surface area (Å²) in [5, 5.41) is 0. The second-order valence-electron chi connectivity index (χ2n) is 5.69. The molecular formula is C16H22O6. The average Bonchev–Trinajstić information content (AvgIpc) is 2.54. The van der Waals surface area contributed by atoms with Gasteiger partial charge in [0.1, 0.15) is 0 Å². The van der Waals surface area contributed by atoms with E-state index in [9.17, 15) is 9.59 Å². The van der Waals surface area contributed by atoms with Crippen molar-refractivity contribution in [2.24, 2.45) is 5.41 Å². The first kappa shape index (κ1) is 17.4. The van der Waals surface area contributed by atoms with Crippen molar-refractivity contribution in [1.82, 2.24) is 0 Å². The maximum absolute atomic E-state index is 12.5. The molecule has 4 radical (unpaired) electrons. The zero-order valence-corrected chi connectivity index (χ0v) is 12.7. The van der Waals surface area contributed by atoms with E-state index in [1.807, 2.05) is 0 Å². The molecular weight excluding hydrogens is 288 g/mol. The molecule has 2 aliphatic heterocycles. The van der Waals surface area contributed by atoms with Crippen LogP contribution in [-0.4, -0.2) is 50.6 Å². The SMILES string of the molecule is [CH]CCOC1(C(=O)OC(=O)C2([CH])CCOCC2)CCOCC1. The minimum atomic E-state index is -1.17. The number of carbonyl (C=O) groups excluding carboxylic acids is 2. The third-order valence-electron chi connectivity index (χ3n) is 4.15. The van der Waals surface area contributed by atoms with Crippen LogP contribution in [0.15, 0.2) is 0 Å². The van der Waals surface area contributed by atoms with E-state index in [1.54, 1.807) is 0 Å². The fraction of sp³-hybridized carbons (Fsp3) is 0.750. The molecule has 6 heteroatoms. The summed E-state index contributed by atoms with van der Waals surface area (Å²) in [6.07, 6.45) is 1.61. The molecule has 0 aromatic heterocycles. The van der Waals surface area contributed by atoms with Gasteiger partial charge in [-0.25, -0.2) is 4.79 Å². The topological polar surface area (TPSA) is 71.1 Å². The van der Waals surface area contributed by atoms with Crippen molar-refractivity contribution in [1.29, 1.82) is 0 Å².